The number of hydrogen-bond acceptors (Lipinski definition) is 2. The van der Waals surface area contributed by atoms with Gasteiger partial charge in [0.2, 0.25) is 0 Å². The summed E-state index contributed by atoms with van der Waals surface area (Å²) in [5.74, 6) is 1.31. The lowest BCUT2D eigenvalue weighted by Crippen LogP contribution is -1.91. The van der Waals surface area contributed by atoms with Crippen molar-refractivity contribution in [3.63, 3.8) is 0 Å². The number of aromatic nitrogens is 2. The van der Waals surface area contributed by atoms with E-state index in [1.54, 1.807) is 7.11 Å². The van der Waals surface area contributed by atoms with Gasteiger partial charge in [0.25, 0.3) is 0 Å². The van der Waals surface area contributed by atoms with E-state index in [1.807, 2.05) is 12.1 Å². The fourth-order valence-corrected chi connectivity index (χ4v) is 2.50. The van der Waals surface area contributed by atoms with Gasteiger partial charge in [-0.25, -0.2) is 0 Å². The summed E-state index contributed by atoms with van der Waals surface area (Å²) >= 11 is 2.26. The second-order valence-corrected chi connectivity index (χ2v) is 5.21. The van der Waals surface area contributed by atoms with Gasteiger partial charge in [0, 0.05) is 11.3 Å². The number of nitrogens with one attached hydrogen (secondary N) is 1. The average molecular weight is 342 g/mol. The summed E-state index contributed by atoms with van der Waals surface area (Å²) in [5.41, 5.74) is 3.55. The minimum atomic E-state index is 0.433. The van der Waals surface area contributed by atoms with Crippen molar-refractivity contribution in [2.45, 2.75) is 19.8 Å². The zero-order valence-electron chi connectivity index (χ0n) is 10.1. The Hall–Kier alpha value is -1.04. The molecule has 0 saturated carbocycles. The smallest absolute Gasteiger partial charge is 0.131 e. The van der Waals surface area contributed by atoms with Gasteiger partial charge < -0.3 is 4.74 Å². The molecule has 0 bridgehead atoms. The Bertz CT molecular complexity index is 503. The Balaban J connectivity index is 2.48. The molecule has 0 aliphatic heterocycles. The molecule has 0 aliphatic carbocycles. The van der Waals surface area contributed by atoms with Crippen molar-refractivity contribution in [2.24, 2.45) is 0 Å². The number of rotatable bonds is 3. The first-order valence-electron chi connectivity index (χ1n) is 5.51. The van der Waals surface area contributed by atoms with Crippen LogP contribution in [0.3, 0.4) is 0 Å². The molecule has 1 N–H and O–H groups in total. The van der Waals surface area contributed by atoms with E-state index < -0.39 is 0 Å². The summed E-state index contributed by atoms with van der Waals surface area (Å²) in [5, 5.41) is 7.40. The Morgan fingerprint density at radius 3 is 2.41 bits per heavy atom. The van der Waals surface area contributed by atoms with Gasteiger partial charge in [0.15, 0.2) is 0 Å². The fourth-order valence-electron chi connectivity index (χ4n) is 1.78. The molecule has 0 saturated heterocycles. The Morgan fingerprint density at radius 1 is 1.24 bits per heavy atom. The second-order valence-electron chi connectivity index (χ2n) is 4.19. The predicted molar refractivity (Wildman–Crippen MR) is 77.4 cm³/mol. The highest BCUT2D eigenvalue weighted by molar-refractivity contribution is 14.1. The lowest BCUT2D eigenvalue weighted by atomic mass is 10.0. The van der Waals surface area contributed by atoms with Gasteiger partial charge in [-0.15, -0.1) is 0 Å². The third-order valence-electron chi connectivity index (χ3n) is 2.71. The molecule has 0 unspecified atom stereocenters. The van der Waals surface area contributed by atoms with E-state index in [9.17, 15) is 0 Å². The van der Waals surface area contributed by atoms with Gasteiger partial charge in [-0.2, -0.15) is 5.10 Å². The van der Waals surface area contributed by atoms with Gasteiger partial charge in [-0.1, -0.05) is 26.0 Å². The van der Waals surface area contributed by atoms with E-state index in [1.165, 1.54) is 16.8 Å². The molecule has 1 aromatic heterocycles. The molecule has 0 spiro atoms. The number of benzene rings is 1. The van der Waals surface area contributed by atoms with Gasteiger partial charge in [-0.05, 0) is 46.2 Å². The first-order chi connectivity index (χ1) is 8.13. The molecular formula is C13H15IN2O. The highest BCUT2D eigenvalue weighted by Gasteiger charge is 2.15. The maximum Gasteiger partial charge on any atom is 0.131 e. The van der Waals surface area contributed by atoms with Crippen LogP contribution in [0.25, 0.3) is 11.1 Å². The standard InChI is InChI=1S/C13H15IN2O/c1-8(2)12-11(13(14)16-15-12)9-4-6-10(17-3)7-5-9/h4-8H,1-3H3,(H,15,16). The molecule has 2 rings (SSSR count). The van der Waals surface area contributed by atoms with Crippen LogP contribution in [0.4, 0.5) is 0 Å². The van der Waals surface area contributed by atoms with Gasteiger partial charge in [0.1, 0.15) is 9.45 Å². The quantitative estimate of drug-likeness (QED) is 0.862. The third kappa shape index (κ3) is 2.46. The summed E-state index contributed by atoms with van der Waals surface area (Å²) in [7, 11) is 1.68. The molecule has 90 valence electrons. The van der Waals surface area contributed by atoms with Crippen LogP contribution in [-0.4, -0.2) is 17.3 Å². The Morgan fingerprint density at radius 2 is 1.88 bits per heavy atom. The molecule has 0 fully saturated rings. The van der Waals surface area contributed by atoms with E-state index in [-0.39, 0.29) is 0 Å². The van der Waals surface area contributed by atoms with Crippen LogP contribution in [0.1, 0.15) is 25.5 Å². The maximum atomic E-state index is 5.17. The van der Waals surface area contributed by atoms with Crippen molar-refractivity contribution < 1.29 is 4.74 Å². The van der Waals surface area contributed by atoms with Crippen LogP contribution in [0, 0.1) is 3.70 Å². The van der Waals surface area contributed by atoms with Crippen LogP contribution in [0.5, 0.6) is 5.75 Å². The molecular weight excluding hydrogens is 327 g/mol. The predicted octanol–water partition coefficient (Wildman–Crippen LogP) is 3.81. The summed E-state index contributed by atoms with van der Waals surface area (Å²) < 4.78 is 6.18. The van der Waals surface area contributed by atoms with Crippen LogP contribution in [0.2, 0.25) is 0 Å². The van der Waals surface area contributed by atoms with E-state index in [2.05, 4.69) is 58.8 Å². The normalized spacial score (nSPS) is 10.9. The molecule has 1 aromatic carbocycles. The summed E-state index contributed by atoms with van der Waals surface area (Å²) in [4.78, 5) is 0. The third-order valence-corrected chi connectivity index (χ3v) is 3.49. The molecule has 1 heterocycles. The van der Waals surface area contributed by atoms with Crippen LogP contribution in [-0.2, 0) is 0 Å². The van der Waals surface area contributed by atoms with Gasteiger partial charge >= 0.3 is 0 Å². The Labute approximate surface area is 115 Å². The minimum absolute atomic E-state index is 0.433. The van der Waals surface area contributed by atoms with Gasteiger partial charge in [-0.3, -0.25) is 5.10 Å². The lowest BCUT2D eigenvalue weighted by Gasteiger charge is -2.07. The monoisotopic (exact) mass is 342 g/mol. The first-order valence-corrected chi connectivity index (χ1v) is 6.59. The topological polar surface area (TPSA) is 37.9 Å². The Kier molecular flexibility index (Phi) is 3.71. The highest BCUT2D eigenvalue weighted by Crippen LogP contribution is 2.32. The zero-order valence-corrected chi connectivity index (χ0v) is 12.3. The second kappa shape index (κ2) is 5.08. The number of aromatic amines is 1. The van der Waals surface area contributed by atoms with E-state index >= 15 is 0 Å². The van der Waals surface area contributed by atoms with E-state index in [0.29, 0.717) is 5.92 Å². The summed E-state index contributed by atoms with van der Waals surface area (Å²) in [6, 6.07) is 8.08. The number of nitrogens with zero attached hydrogens (tertiary/aromatic N) is 1. The van der Waals surface area contributed by atoms with Crippen molar-refractivity contribution in [2.75, 3.05) is 7.11 Å². The highest BCUT2D eigenvalue weighted by atomic mass is 127. The van der Waals surface area contributed by atoms with Crippen molar-refractivity contribution in [1.82, 2.24) is 10.2 Å². The molecule has 4 heteroatoms. The average Bonchev–Trinajstić information content (AvgIpc) is 2.71. The number of hydrogen-bond donors (Lipinski definition) is 1. The number of halogens is 1. The number of ether oxygens (including phenoxy) is 1. The molecule has 17 heavy (non-hydrogen) atoms. The number of H-pyrrole nitrogens is 1. The van der Waals surface area contributed by atoms with Crippen molar-refractivity contribution in [1.29, 1.82) is 0 Å². The van der Waals surface area contributed by atoms with Crippen LogP contribution >= 0.6 is 22.6 Å². The van der Waals surface area contributed by atoms with E-state index in [0.717, 1.165) is 9.45 Å². The minimum Gasteiger partial charge on any atom is -0.497 e. The summed E-state index contributed by atoms with van der Waals surface area (Å²) in [6.07, 6.45) is 0. The summed E-state index contributed by atoms with van der Waals surface area (Å²) in [6.45, 7) is 4.33. The fraction of sp³-hybridized carbons (Fsp3) is 0.308. The van der Waals surface area contributed by atoms with Crippen LogP contribution < -0.4 is 4.74 Å². The SMILES string of the molecule is COc1ccc(-c2c(I)n[nH]c2C(C)C)cc1. The zero-order chi connectivity index (χ0) is 12.4. The molecule has 0 aliphatic rings. The molecule has 0 radical (unpaired) electrons. The number of methoxy groups -OCH3 is 1. The van der Waals surface area contributed by atoms with Crippen LogP contribution in [0.15, 0.2) is 24.3 Å². The maximum absolute atomic E-state index is 5.17. The largest absolute Gasteiger partial charge is 0.497 e. The molecule has 2 aromatic rings. The molecule has 0 atom stereocenters. The first kappa shape index (κ1) is 12.4. The van der Waals surface area contributed by atoms with Crippen molar-refractivity contribution in [3.05, 3.63) is 33.7 Å². The van der Waals surface area contributed by atoms with Crippen molar-refractivity contribution >= 4 is 22.6 Å². The molecule has 3 nitrogen and oxygen atoms in total. The lowest BCUT2D eigenvalue weighted by molar-refractivity contribution is 0.415. The van der Waals surface area contributed by atoms with Crippen molar-refractivity contribution in [3.8, 4) is 16.9 Å². The molecule has 0 amide bonds. The van der Waals surface area contributed by atoms with Gasteiger partial charge in [0.05, 0.1) is 7.11 Å². The van der Waals surface area contributed by atoms with E-state index in [4.69, 9.17) is 4.74 Å².